The third-order valence-electron chi connectivity index (χ3n) is 5.17. The van der Waals surface area contributed by atoms with Crippen molar-refractivity contribution in [3.63, 3.8) is 0 Å². The Morgan fingerprint density at radius 3 is 2.62 bits per heavy atom. The van der Waals surface area contributed by atoms with Gasteiger partial charge in [0.1, 0.15) is 6.61 Å². The van der Waals surface area contributed by atoms with E-state index in [1.54, 1.807) is 19.3 Å². The Morgan fingerprint density at radius 1 is 1.16 bits per heavy atom. The van der Waals surface area contributed by atoms with Crippen molar-refractivity contribution in [2.45, 2.75) is 25.4 Å². The van der Waals surface area contributed by atoms with Crippen LogP contribution in [-0.2, 0) is 22.5 Å². The summed E-state index contributed by atoms with van der Waals surface area (Å²) < 4.78 is 5.39. The van der Waals surface area contributed by atoms with Crippen LogP contribution in [0.25, 0.3) is 10.8 Å². The molecule has 1 aromatic heterocycles. The topological polar surface area (TPSA) is 91.8 Å². The number of likely N-dealkylation sites (N-methyl/N-ethyl adjacent to an activating group) is 1. The number of nitrogens with one attached hydrogen (secondary N) is 1. The largest absolute Gasteiger partial charge is 0.463 e. The number of halogens is 1. The number of urea groups is 1. The van der Waals surface area contributed by atoms with Gasteiger partial charge in [-0.05, 0) is 29.5 Å². The van der Waals surface area contributed by atoms with Crippen molar-refractivity contribution in [2.75, 3.05) is 20.3 Å². The maximum absolute atomic E-state index is 12.5. The molecule has 2 aromatic carbocycles. The number of carbonyl (C=O) groups is 2. The summed E-state index contributed by atoms with van der Waals surface area (Å²) in [4.78, 5) is 30.6. The summed E-state index contributed by atoms with van der Waals surface area (Å²) >= 11 is 6.12. The predicted molar refractivity (Wildman–Crippen MR) is 123 cm³/mol. The molecule has 0 unspecified atom stereocenters. The van der Waals surface area contributed by atoms with Gasteiger partial charge < -0.3 is 20.1 Å². The number of amides is 2. The van der Waals surface area contributed by atoms with Crippen molar-refractivity contribution in [1.29, 1.82) is 0 Å². The van der Waals surface area contributed by atoms with E-state index in [-0.39, 0.29) is 38.6 Å². The lowest BCUT2D eigenvalue weighted by atomic mass is 10.1. The van der Waals surface area contributed by atoms with Gasteiger partial charge in [0.2, 0.25) is 0 Å². The number of aliphatic hydroxyl groups excluding tert-OH is 1. The molecule has 1 heterocycles. The van der Waals surface area contributed by atoms with E-state index in [1.807, 2.05) is 48.5 Å². The van der Waals surface area contributed by atoms with E-state index in [9.17, 15) is 14.7 Å². The molecule has 0 aliphatic carbocycles. The first-order chi connectivity index (χ1) is 15.5. The molecule has 8 heteroatoms. The first-order valence-electron chi connectivity index (χ1n) is 10.3. The standard InChI is InChI=1S/C24H26ClN3O4/c1-28(24(31)27-15-19-8-4-5-9-22(19)25)21(10-11-29)16-32-23(30)13-20-12-17-6-2-3-7-18(17)14-26-20/h2-9,12,14,21,29H,10-11,13,15-16H2,1H3,(H,27,31)/t21-/m0/s1. The van der Waals surface area contributed by atoms with Crippen LogP contribution < -0.4 is 5.32 Å². The molecule has 0 saturated heterocycles. The van der Waals surface area contributed by atoms with Gasteiger partial charge in [-0.25, -0.2) is 4.79 Å². The highest BCUT2D eigenvalue weighted by Crippen LogP contribution is 2.15. The molecule has 0 fully saturated rings. The van der Waals surface area contributed by atoms with Crippen molar-refractivity contribution in [3.05, 3.63) is 77.1 Å². The summed E-state index contributed by atoms with van der Waals surface area (Å²) in [6.07, 6.45) is 2.03. The normalized spacial score (nSPS) is 11.7. The lowest BCUT2D eigenvalue weighted by Crippen LogP contribution is -2.46. The van der Waals surface area contributed by atoms with Crippen molar-refractivity contribution in [3.8, 4) is 0 Å². The Kier molecular flexibility index (Phi) is 8.41. The van der Waals surface area contributed by atoms with Gasteiger partial charge in [-0.3, -0.25) is 9.78 Å². The number of ether oxygens (including phenoxy) is 1. The molecule has 0 saturated carbocycles. The van der Waals surface area contributed by atoms with Gasteiger partial charge >= 0.3 is 12.0 Å². The number of benzene rings is 2. The van der Waals surface area contributed by atoms with Crippen LogP contribution in [0.1, 0.15) is 17.7 Å². The zero-order valence-electron chi connectivity index (χ0n) is 17.8. The molecule has 0 aliphatic rings. The average Bonchev–Trinajstić information content (AvgIpc) is 2.80. The van der Waals surface area contributed by atoms with E-state index < -0.39 is 12.0 Å². The molecule has 32 heavy (non-hydrogen) atoms. The monoisotopic (exact) mass is 455 g/mol. The van der Waals surface area contributed by atoms with E-state index in [2.05, 4.69) is 10.3 Å². The number of aliphatic hydroxyl groups is 1. The van der Waals surface area contributed by atoms with Crippen molar-refractivity contribution < 1.29 is 19.4 Å². The molecule has 2 N–H and O–H groups in total. The number of hydrogen-bond acceptors (Lipinski definition) is 5. The van der Waals surface area contributed by atoms with Crippen LogP contribution >= 0.6 is 11.6 Å². The summed E-state index contributed by atoms with van der Waals surface area (Å²) in [5.41, 5.74) is 1.40. The second-order valence-corrected chi connectivity index (χ2v) is 7.82. The van der Waals surface area contributed by atoms with Crippen LogP contribution in [0.4, 0.5) is 4.79 Å². The van der Waals surface area contributed by atoms with E-state index >= 15 is 0 Å². The summed E-state index contributed by atoms with van der Waals surface area (Å²) in [7, 11) is 1.60. The molecule has 0 aliphatic heterocycles. The minimum Gasteiger partial charge on any atom is -0.463 e. The maximum Gasteiger partial charge on any atom is 0.317 e. The van der Waals surface area contributed by atoms with Crippen LogP contribution in [0.15, 0.2) is 60.8 Å². The third-order valence-corrected chi connectivity index (χ3v) is 5.54. The van der Waals surface area contributed by atoms with E-state index in [4.69, 9.17) is 16.3 Å². The lowest BCUT2D eigenvalue weighted by Gasteiger charge is -2.27. The third kappa shape index (κ3) is 6.42. The van der Waals surface area contributed by atoms with Crippen LogP contribution in [-0.4, -0.2) is 53.3 Å². The molecule has 1 atom stereocenters. The molecule has 7 nitrogen and oxygen atoms in total. The fourth-order valence-corrected chi connectivity index (χ4v) is 3.46. The SMILES string of the molecule is CN(C(=O)NCc1ccccc1Cl)[C@@H](CCO)COC(=O)Cc1cc2ccccc2cn1. The molecule has 0 spiro atoms. The molecule has 2 amide bonds. The zero-order chi connectivity index (χ0) is 22.9. The predicted octanol–water partition coefficient (Wildman–Crippen LogP) is 3.57. The Labute approximate surface area is 192 Å². The zero-order valence-corrected chi connectivity index (χ0v) is 18.6. The second-order valence-electron chi connectivity index (χ2n) is 7.41. The maximum atomic E-state index is 12.5. The van der Waals surface area contributed by atoms with Crippen LogP contribution in [0.5, 0.6) is 0 Å². The number of aromatic nitrogens is 1. The van der Waals surface area contributed by atoms with Crippen molar-refractivity contribution in [2.24, 2.45) is 0 Å². The number of pyridine rings is 1. The summed E-state index contributed by atoms with van der Waals surface area (Å²) in [6.45, 7) is 0.0989. The number of rotatable bonds is 9. The molecular weight excluding hydrogens is 430 g/mol. The number of carbonyl (C=O) groups excluding carboxylic acids is 2. The Morgan fingerprint density at radius 2 is 1.88 bits per heavy atom. The first-order valence-corrected chi connectivity index (χ1v) is 10.7. The van der Waals surface area contributed by atoms with Crippen molar-refractivity contribution in [1.82, 2.24) is 15.2 Å². The van der Waals surface area contributed by atoms with Gasteiger partial charge in [-0.1, -0.05) is 54.1 Å². The molecule has 0 bridgehead atoms. The number of fused-ring (bicyclic) bond motifs is 1. The molecule has 3 aromatic rings. The Balaban J connectivity index is 1.53. The van der Waals surface area contributed by atoms with Crippen molar-refractivity contribution >= 4 is 34.4 Å². The van der Waals surface area contributed by atoms with Gasteiger partial charge in [0, 0.05) is 36.8 Å². The molecule has 3 rings (SSSR count). The van der Waals surface area contributed by atoms with Crippen LogP contribution in [0.3, 0.4) is 0 Å². The van der Waals surface area contributed by atoms with Crippen LogP contribution in [0.2, 0.25) is 5.02 Å². The smallest absolute Gasteiger partial charge is 0.317 e. The van der Waals surface area contributed by atoms with E-state index in [0.29, 0.717) is 10.7 Å². The van der Waals surface area contributed by atoms with Gasteiger partial charge in [-0.2, -0.15) is 0 Å². The van der Waals surface area contributed by atoms with Gasteiger partial charge in [0.25, 0.3) is 0 Å². The molecule has 168 valence electrons. The fraction of sp³-hybridized carbons (Fsp3) is 0.292. The highest BCUT2D eigenvalue weighted by atomic mass is 35.5. The molecule has 0 radical (unpaired) electrons. The average molecular weight is 456 g/mol. The summed E-state index contributed by atoms with van der Waals surface area (Å²) in [5.74, 6) is -0.444. The minimum atomic E-state index is -0.472. The lowest BCUT2D eigenvalue weighted by molar-refractivity contribution is -0.144. The van der Waals surface area contributed by atoms with E-state index in [0.717, 1.165) is 16.3 Å². The number of hydrogen-bond donors (Lipinski definition) is 2. The quantitative estimate of drug-likeness (QED) is 0.481. The summed E-state index contributed by atoms with van der Waals surface area (Å²) in [5, 5.41) is 14.7. The second kappa shape index (κ2) is 11.5. The Bertz CT molecular complexity index is 1080. The number of nitrogens with zero attached hydrogens (tertiary/aromatic N) is 2. The minimum absolute atomic E-state index is 0.0248. The fourth-order valence-electron chi connectivity index (χ4n) is 3.25. The molecular formula is C24H26ClN3O4. The van der Waals surface area contributed by atoms with Gasteiger partial charge in [0.15, 0.2) is 0 Å². The highest BCUT2D eigenvalue weighted by Gasteiger charge is 2.21. The number of esters is 1. The Hall–Kier alpha value is -3.16. The van der Waals surface area contributed by atoms with Gasteiger partial charge in [-0.15, -0.1) is 0 Å². The summed E-state index contributed by atoms with van der Waals surface area (Å²) in [6, 6.07) is 16.1. The highest BCUT2D eigenvalue weighted by molar-refractivity contribution is 6.31. The van der Waals surface area contributed by atoms with Gasteiger partial charge in [0.05, 0.1) is 18.2 Å². The van der Waals surface area contributed by atoms with Crippen LogP contribution in [0, 0.1) is 0 Å². The first kappa shape index (κ1) is 23.5. The van der Waals surface area contributed by atoms with E-state index in [1.165, 1.54) is 4.90 Å².